The molecule has 152 valence electrons. The molecule has 0 fully saturated rings. The fourth-order valence-electron chi connectivity index (χ4n) is 2.96. The molecule has 0 spiro atoms. The number of halogens is 1. The minimum absolute atomic E-state index is 0.0235. The topological polar surface area (TPSA) is 94.5 Å². The van der Waals surface area contributed by atoms with Gasteiger partial charge < -0.3 is 20.8 Å². The standard InChI is InChI=1S/C22H24FN3O3/c1-13-3-4-15(8-19(13)23)20(12-28)26-22(29)16-5-6-17-10-24-21(9-18(17)7-16)25-14(2)11-27/h3-10,14,20,27-28H,11-12H2,1-2H3,(H,24,25)(H,26,29)/t14-,20+/m0/s1. The number of carbonyl (C=O) groups excluding carboxylic acids is 1. The van der Waals surface area contributed by atoms with E-state index in [9.17, 15) is 19.4 Å². The molecular formula is C22H24FN3O3. The Morgan fingerprint density at radius 2 is 1.90 bits per heavy atom. The summed E-state index contributed by atoms with van der Waals surface area (Å²) in [5, 5.41) is 26.3. The SMILES string of the molecule is Cc1ccc([C@@H](CO)NC(=O)c2ccc3cnc(N[C@@H](C)CO)cc3c2)cc1F. The lowest BCUT2D eigenvalue weighted by atomic mass is 10.0. The van der Waals surface area contributed by atoms with Gasteiger partial charge in [0.15, 0.2) is 0 Å². The van der Waals surface area contributed by atoms with Crippen LogP contribution < -0.4 is 10.6 Å². The molecule has 7 heteroatoms. The number of nitrogens with zero attached hydrogens (tertiary/aromatic N) is 1. The largest absolute Gasteiger partial charge is 0.394 e. The van der Waals surface area contributed by atoms with Crippen LogP contribution in [-0.4, -0.2) is 40.4 Å². The van der Waals surface area contributed by atoms with Gasteiger partial charge >= 0.3 is 0 Å². The van der Waals surface area contributed by atoms with Crippen LogP contribution in [0.15, 0.2) is 48.7 Å². The van der Waals surface area contributed by atoms with Crippen molar-refractivity contribution in [3.63, 3.8) is 0 Å². The van der Waals surface area contributed by atoms with Gasteiger partial charge in [-0.25, -0.2) is 9.37 Å². The van der Waals surface area contributed by atoms with E-state index >= 15 is 0 Å². The molecule has 0 saturated heterocycles. The van der Waals surface area contributed by atoms with E-state index in [0.717, 1.165) is 10.8 Å². The lowest BCUT2D eigenvalue weighted by Gasteiger charge is -2.18. The van der Waals surface area contributed by atoms with E-state index in [1.807, 2.05) is 6.92 Å². The number of carbonyl (C=O) groups is 1. The third-order valence-corrected chi connectivity index (χ3v) is 4.74. The predicted molar refractivity (Wildman–Crippen MR) is 110 cm³/mol. The van der Waals surface area contributed by atoms with Crippen LogP contribution in [-0.2, 0) is 0 Å². The first-order valence-electron chi connectivity index (χ1n) is 9.36. The monoisotopic (exact) mass is 397 g/mol. The Morgan fingerprint density at radius 3 is 2.59 bits per heavy atom. The number of aryl methyl sites for hydroxylation is 1. The van der Waals surface area contributed by atoms with Gasteiger partial charge in [-0.05, 0) is 54.6 Å². The average molecular weight is 397 g/mol. The molecule has 29 heavy (non-hydrogen) atoms. The summed E-state index contributed by atoms with van der Waals surface area (Å²) in [6.07, 6.45) is 1.69. The zero-order valence-corrected chi connectivity index (χ0v) is 16.3. The normalized spacial score (nSPS) is 13.1. The summed E-state index contributed by atoms with van der Waals surface area (Å²) in [4.78, 5) is 17.0. The summed E-state index contributed by atoms with van der Waals surface area (Å²) in [6, 6.07) is 10.8. The molecule has 0 bridgehead atoms. The zero-order chi connectivity index (χ0) is 21.0. The summed E-state index contributed by atoms with van der Waals surface area (Å²) in [6.45, 7) is 3.11. The summed E-state index contributed by atoms with van der Waals surface area (Å²) in [7, 11) is 0. The van der Waals surface area contributed by atoms with Crippen LogP contribution in [0.5, 0.6) is 0 Å². The molecule has 0 radical (unpaired) electrons. The maximum Gasteiger partial charge on any atom is 0.251 e. The van der Waals surface area contributed by atoms with Crippen LogP contribution >= 0.6 is 0 Å². The number of benzene rings is 2. The van der Waals surface area contributed by atoms with E-state index in [-0.39, 0.29) is 31.0 Å². The number of pyridine rings is 1. The van der Waals surface area contributed by atoms with Gasteiger partial charge in [-0.1, -0.05) is 18.2 Å². The summed E-state index contributed by atoms with van der Waals surface area (Å²) < 4.78 is 13.8. The van der Waals surface area contributed by atoms with Crippen molar-refractivity contribution in [3.8, 4) is 0 Å². The van der Waals surface area contributed by atoms with Gasteiger partial charge in [0, 0.05) is 23.2 Å². The smallest absolute Gasteiger partial charge is 0.251 e. The van der Waals surface area contributed by atoms with E-state index in [4.69, 9.17) is 0 Å². The number of fused-ring (bicyclic) bond motifs is 1. The van der Waals surface area contributed by atoms with E-state index in [1.165, 1.54) is 6.07 Å². The number of aromatic nitrogens is 1. The maximum atomic E-state index is 13.8. The number of rotatable bonds is 7. The van der Waals surface area contributed by atoms with Crippen molar-refractivity contribution in [2.45, 2.75) is 25.9 Å². The molecule has 0 unspecified atom stereocenters. The summed E-state index contributed by atoms with van der Waals surface area (Å²) in [5.74, 6) is -0.160. The van der Waals surface area contributed by atoms with Crippen LogP contribution in [0.1, 0.15) is 34.5 Å². The molecular weight excluding hydrogens is 373 g/mol. The molecule has 0 aliphatic rings. The highest BCUT2D eigenvalue weighted by Gasteiger charge is 2.16. The molecule has 3 rings (SSSR count). The van der Waals surface area contributed by atoms with E-state index < -0.39 is 6.04 Å². The number of aliphatic hydroxyl groups excluding tert-OH is 2. The second kappa shape index (κ2) is 8.98. The van der Waals surface area contributed by atoms with Gasteiger partial charge in [0.25, 0.3) is 5.91 Å². The zero-order valence-electron chi connectivity index (χ0n) is 16.3. The number of hydrogen-bond acceptors (Lipinski definition) is 5. The first-order chi connectivity index (χ1) is 13.9. The highest BCUT2D eigenvalue weighted by atomic mass is 19.1. The van der Waals surface area contributed by atoms with E-state index in [1.54, 1.807) is 49.5 Å². The number of hydrogen-bond donors (Lipinski definition) is 4. The van der Waals surface area contributed by atoms with Gasteiger partial charge in [-0.15, -0.1) is 0 Å². The predicted octanol–water partition coefficient (Wildman–Crippen LogP) is 2.94. The molecule has 0 aliphatic carbocycles. The van der Waals surface area contributed by atoms with Crippen LogP contribution in [0.25, 0.3) is 10.8 Å². The van der Waals surface area contributed by atoms with Crippen molar-refractivity contribution in [1.82, 2.24) is 10.3 Å². The second-order valence-electron chi connectivity index (χ2n) is 7.08. The van der Waals surface area contributed by atoms with E-state index in [0.29, 0.717) is 22.5 Å². The van der Waals surface area contributed by atoms with Crippen molar-refractivity contribution in [3.05, 3.63) is 71.2 Å². The fraction of sp³-hybridized carbons (Fsp3) is 0.273. The lowest BCUT2D eigenvalue weighted by Crippen LogP contribution is -2.30. The first-order valence-corrected chi connectivity index (χ1v) is 9.36. The van der Waals surface area contributed by atoms with Crippen molar-refractivity contribution < 1.29 is 19.4 Å². The van der Waals surface area contributed by atoms with Gasteiger partial charge in [-0.3, -0.25) is 4.79 Å². The Bertz CT molecular complexity index is 1030. The van der Waals surface area contributed by atoms with Crippen molar-refractivity contribution in [2.75, 3.05) is 18.5 Å². The summed E-state index contributed by atoms with van der Waals surface area (Å²) in [5.41, 5.74) is 1.41. The molecule has 2 atom stereocenters. The molecule has 2 aromatic carbocycles. The molecule has 6 nitrogen and oxygen atoms in total. The number of aliphatic hydroxyl groups is 2. The first kappa shape index (κ1) is 20.7. The van der Waals surface area contributed by atoms with Gasteiger partial charge in [0.1, 0.15) is 11.6 Å². The molecule has 1 heterocycles. The van der Waals surface area contributed by atoms with Crippen LogP contribution in [0.2, 0.25) is 0 Å². The van der Waals surface area contributed by atoms with Crippen LogP contribution in [0.3, 0.4) is 0 Å². The highest BCUT2D eigenvalue weighted by Crippen LogP contribution is 2.21. The van der Waals surface area contributed by atoms with Crippen molar-refractivity contribution in [2.24, 2.45) is 0 Å². The Balaban J connectivity index is 1.82. The lowest BCUT2D eigenvalue weighted by molar-refractivity contribution is 0.0916. The van der Waals surface area contributed by atoms with E-state index in [2.05, 4.69) is 15.6 Å². The molecule has 1 amide bonds. The minimum atomic E-state index is -0.714. The second-order valence-corrected chi connectivity index (χ2v) is 7.08. The average Bonchev–Trinajstić information content (AvgIpc) is 2.73. The van der Waals surface area contributed by atoms with Crippen molar-refractivity contribution >= 4 is 22.5 Å². The fourth-order valence-corrected chi connectivity index (χ4v) is 2.96. The molecule has 4 N–H and O–H groups in total. The molecule has 0 aliphatic heterocycles. The maximum absolute atomic E-state index is 13.8. The summed E-state index contributed by atoms with van der Waals surface area (Å²) >= 11 is 0. The Hall–Kier alpha value is -3.03. The van der Waals surface area contributed by atoms with Crippen LogP contribution in [0, 0.1) is 12.7 Å². The highest BCUT2D eigenvalue weighted by molar-refractivity contribution is 5.99. The number of nitrogens with one attached hydrogen (secondary N) is 2. The number of amides is 1. The Morgan fingerprint density at radius 1 is 1.10 bits per heavy atom. The van der Waals surface area contributed by atoms with Crippen LogP contribution in [0.4, 0.5) is 10.2 Å². The number of anilines is 1. The molecule has 3 aromatic rings. The molecule has 0 saturated carbocycles. The Labute approximate surface area is 168 Å². The third-order valence-electron chi connectivity index (χ3n) is 4.74. The van der Waals surface area contributed by atoms with Gasteiger partial charge in [0.2, 0.25) is 0 Å². The minimum Gasteiger partial charge on any atom is -0.394 e. The Kier molecular flexibility index (Phi) is 6.41. The molecule has 1 aromatic heterocycles. The van der Waals surface area contributed by atoms with Crippen molar-refractivity contribution in [1.29, 1.82) is 0 Å². The van der Waals surface area contributed by atoms with Gasteiger partial charge in [0.05, 0.1) is 19.3 Å². The quantitative estimate of drug-likeness (QED) is 0.492. The third kappa shape index (κ3) is 4.88. The van der Waals surface area contributed by atoms with Gasteiger partial charge in [-0.2, -0.15) is 0 Å².